The van der Waals surface area contributed by atoms with E-state index in [2.05, 4.69) is 20.8 Å². The third-order valence-corrected chi connectivity index (χ3v) is 5.20. The number of hydrogen-bond donors (Lipinski definition) is 2. The Hall–Kier alpha value is -0.570. The lowest BCUT2D eigenvalue weighted by Gasteiger charge is -2.26. The topological polar surface area (TPSA) is 63.3 Å². The van der Waals surface area contributed by atoms with Crippen LogP contribution in [0.3, 0.4) is 0 Å². The maximum Gasteiger partial charge on any atom is 0.220 e. The molecular weight excluding hydrogens is 274 g/mol. The molecule has 0 aromatic rings. The minimum absolute atomic E-state index is 0.0877. The van der Waals surface area contributed by atoms with E-state index in [9.17, 15) is 9.90 Å². The van der Waals surface area contributed by atoms with E-state index in [0.29, 0.717) is 0 Å². The summed E-state index contributed by atoms with van der Waals surface area (Å²) in [5.41, 5.74) is 4.65. The lowest BCUT2D eigenvalue weighted by molar-refractivity contribution is -0.121. The standard InChI is InChI=1S/C19H39NO2/c1-6-7-10-15(2)16(3)11-8-13-19(5,22)14-9-12-17(4)18(20)21/h15-17,22H,6-14H2,1-5H3,(H2,20,21). The van der Waals surface area contributed by atoms with Crippen molar-refractivity contribution in [1.29, 1.82) is 0 Å². The molecule has 22 heavy (non-hydrogen) atoms. The maximum atomic E-state index is 11.0. The Labute approximate surface area is 138 Å². The maximum absolute atomic E-state index is 11.0. The van der Waals surface area contributed by atoms with E-state index in [1.165, 1.54) is 25.7 Å². The molecule has 4 atom stereocenters. The van der Waals surface area contributed by atoms with Crippen molar-refractivity contribution < 1.29 is 9.90 Å². The first kappa shape index (κ1) is 21.4. The van der Waals surface area contributed by atoms with Crippen molar-refractivity contribution in [2.45, 2.75) is 98.0 Å². The Kier molecular flexibility index (Phi) is 10.8. The van der Waals surface area contributed by atoms with Gasteiger partial charge in [0.25, 0.3) is 0 Å². The monoisotopic (exact) mass is 313 g/mol. The fourth-order valence-corrected chi connectivity index (χ4v) is 2.96. The summed E-state index contributed by atoms with van der Waals surface area (Å²) in [5, 5.41) is 10.4. The zero-order valence-electron chi connectivity index (χ0n) is 15.5. The van der Waals surface area contributed by atoms with Gasteiger partial charge in [0, 0.05) is 5.92 Å². The van der Waals surface area contributed by atoms with E-state index in [1.807, 2.05) is 13.8 Å². The van der Waals surface area contributed by atoms with Crippen molar-refractivity contribution in [3.63, 3.8) is 0 Å². The van der Waals surface area contributed by atoms with Crippen LogP contribution in [0.5, 0.6) is 0 Å². The van der Waals surface area contributed by atoms with Crippen molar-refractivity contribution in [3.05, 3.63) is 0 Å². The van der Waals surface area contributed by atoms with Crippen molar-refractivity contribution in [2.24, 2.45) is 23.5 Å². The summed E-state index contributed by atoms with van der Waals surface area (Å²) in [4.78, 5) is 11.0. The van der Waals surface area contributed by atoms with Gasteiger partial charge in [0.1, 0.15) is 0 Å². The minimum Gasteiger partial charge on any atom is -0.390 e. The van der Waals surface area contributed by atoms with E-state index in [0.717, 1.165) is 43.9 Å². The normalized spacial score (nSPS) is 18.5. The summed E-state index contributed by atoms with van der Waals surface area (Å²) in [7, 11) is 0. The van der Waals surface area contributed by atoms with Crippen molar-refractivity contribution >= 4 is 5.91 Å². The van der Waals surface area contributed by atoms with Gasteiger partial charge in [-0.1, -0.05) is 59.8 Å². The van der Waals surface area contributed by atoms with Crippen LogP contribution in [-0.4, -0.2) is 16.6 Å². The Morgan fingerprint density at radius 1 is 1.00 bits per heavy atom. The molecule has 1 amide bonds. The van der Waals surface area contributed by atoms with E-state index in [-0.39, 0.29) is 11.8 Å². The zero-order chi connectivity index (χ0) is 17.2. The second-order valence-electron chi connectivity index (χ2n) is 7.68. The third kappa shape index (κ3) is 10.2. The van der Waals surface area contributed by atoms with Gasteiger partial charge in [-0.25, -0.2) is 0 Å². The van der Waals surface area contributed by atoms with Gasteiger partial charge in [-0.05, 0) is 44.4 Å². The molecular formula is C19H39NO2. The fraction of sp³-hybridized carbons (Fsp3) is 0.947. The largest absolute Gasteiger partial charge is 0.390 e. The molecule has 0 aromatic carbocycles. The molecule has 0 saturated heterocycles. The summed E-state index contributed by atoms with van der Waals surface area (Å²) < 4.78 is 0. The van der Waals surface area contributed by atoms with Crippen LogP contribution >= 0.6 is 0 Å². The molecule has 3 nitrogen and oxygen atoms in total. The molecule has 0 fully saturated rings. The highest BCUT2D eigenvalue weighted by molar-refractivity contribution is 5.76. The van der Waals surface area contributed by atoms with Crippen molar-refractivity contribution in [3.8, 4) is 0 Å². The van der Waals surface area contributed by atoms with Gasteiger partial charge in [-0.15, -0.1) is 0 Å². The highest BCUT2D eigenvalue weighted by Crippen LogP contribution is 2.27. The Balaban J connectivity index is 3.89. The van der Waals surface area contributed by atoms with Gasteiger partial charge in [-0.2, -0.15) is 0 Å². The minimum atomic E-state index is -0.607. The Morgan fingerprint density at radius 2 is 1.45 bits per heavy atom. The predicted molar refractivity (Wildman–Crippen MR) is 94.5 cm³/mol. The molecule has 4 unspecified atom stereocenters. The van der Waals surface area contributed by atoms with Gasteiger partial charge in [-0.3, -0.25) is 4.79 Å². The first-order valence-electron chi connectivity index (χ1n) is 9.21. The average molecular weight is 314 g/mol. The summed E-state index contributed by atoms with van der Waals surface area (Å²) in [5.74, 6) is 1.18. The SMILES string of the molecule is CCCCC(C)C(C)CCCC(C)(O)CCCC(C)C(N)=O. The number of primary amides is 1. The Morgan fingerprint density at radius 3 is 1.91 bits per heavy atom. The number of unbranched alkanes of at least 4 members (excludes halogenated alkanes) is 1. The first-order chi connectivity index (χ1) is 10.2. The molecule has 0 heterocycles. The highest BCUT2D eigenvalue weighted by atomic mass is 16.3. The number of rotatable bonds is 13. The fourth-order valence-electron chi connectivity index (χ4n) is 2.96. The molecule has 0 saturated carbocycles. The molecule has 0 spiro atoms. The molecule has 0 aliphatic heterocycles. The van der Waals surface area contributed by atoms with Crippen LogP contribution in [0.2, 0.25) is 0 Å². The smallest absolute Gasteiger partial charge is 0.220 e. The van der Waals surface area contributed by atoms with Gasteiger partial charge in [0.15, 0.2) is 0 Å². The third-order valence-electron chi connectivity index (χ3n) is 5.20. The van der Waals surface area contributed by atoms with Crippen LogP contribution in [0.25, 0.3) is 0 Å². The predicted octanol–water partition coefficient (Wildman–Crippen LogP) is 4.66. The Bertz CT molecular complexity index is 302. The van der Waals surface area contributed by atoms with Crippen LogP contribution in [-0.2, 0) is 4.79 Å². The van der Waals surface area contributed by atoms with Gasteiger partial charge < -0.3 is 10.8 Å². The molecule has 132 valence electrons. The van der Waals surface area contributed by atoms with Crippen LogP contribution in [0.15, 0.2) is 0 Å². The van der Waals surface area contributed by atoms with E-state index >= 15 is 0 Å². The lowest BCUT2D eigenvalue weighted by atomic mass is 9.84. The van der Waals surface area contributed by atoms with E-state index in [4.69, 9.17) is 5.73 Å². The van der Waals surface area contributed by atoms with Crippen molar-refractivity contribution in [2.75, 3.05) is 0 Å². The lowest BCUT2D eigenvalue weighted by Crippen LogP contribution is -2.26. The van der Waals surface area contributed by atoms with E-state index in [1.54, 1.807) is 0 Å². The summed E-state index contributed by atoms with van der Waals surface area (Å²) in [6, 6.07) is 0. The van der Waals surface area contributed by atoms with Crippen LogP contribution < -0.4 is 5.73 Å². The first-order valence-corrected chi connectivity index (χ1v) is 9.21. The van der Waals surface area contributed by atoms with Gasteiger partial charge in [0.05, 0.1) is 5.60 Å². The van der Waals surface area contributed by atoms with Gasteiger partial charge in [0.2, 0.25) is 5.91 Å². The second-order valence-corrected chi connectivity index (χ2v) is 7.68. The number of carbonyl (C=O) groups excluding carboxylic acids is 1. The molecule has 0 aliphatic rings. The number of carbonyl (C=O) groups is 1. The zero-order valence-corrected chi connectivity index (χ0v) is 15.5. The van der Waals surface area contributed by atoms with Gasteiger partial charge >= 0.3 is 0 Å². The van der Waals surface area contributed by atoms with E-state index < -0.39 is 5.60 Å². The summed E-state index contributed by atoms with van der Waals surface area (Å²) >= 11 is 0. The van der Waals surface area contributed by atoms with Crippen LogP contribution in [0.4, 0.5) is 0 Å². The highest BCUT2D eigenvalue weighted by Gasteiger charge is 2.21. The number of amides is 1. The average Bonchev–Trinajstić information content (AvgIpc) is 2.43. The summed E-state index contributed by atoms with van der Waals surface area (Å²) in [6.07, 6.45) is 9.42. The quantitative estimate of drug-likeness (QED) is 0.519. The molecule has 0 aliphatic carbocycles. The number of hydrogen-bond acceptors (Lipinski definition) is 2. The molecule has 3 heteroatoms. The second kappa shape index (κ2) is 11.0. The number of aliphatic hydroxyl groups is 1. The molecule has 0 bridgehead atoms. The number of nitrogens with two attached hydrogens (primary N) is 1. The molecule has 0 radical (unpaired) electrons. The molecule has 3 N–H and O–H groups in total. The van der Waals surface area contributed by atoms with Crippen molar-refractivity contribution in [1.82, 2.24) is 0 Å². The van der Waals surface area contributed by atoms with Crippen LogP contribution in [0.1, 0.15) is 92.4 Å². The molecule has 0 rings (SSSR count). The van der Waals surface area contributed by atoms with Crippen LogP contribution in [0, 0.1) is 17.8 Å². The molecule has 0 aromatic heterocycles. The summed E-state index contributed by atoms with van der Waals surface area (Å²) in [6.45, 7) is 10.7.